The number of unbranched alkanes of at least 4 members (excludes halogenated alkanes) is 31. The standard InChI is InChI=1S/C49H94O6/c1-5-7-9-11-13-15-17-19-20-22-23-28-32-36-40-47(50)53-43-46(44-54-48(51)41-37-33-29-26-25-27-31-35-39-45(3)4)55-49(52)42-38-34-30-24-21-18-16-14-12-10-8-6-2/h45-46H,5-44H2,1-4H3/t46-/m1/s1. The average Bonchev–Trinajstić information content (AvgIpc) is 3.17. The summed E-state index contributed by atoms with van der Waals surface area (Å²) < 4.78 is 16.8. The first-order chi connectivity index (χ1) is 26.9. The third-order valence-corrected chi connectivity index (χ3v) is 11.0. The molecule has 6 heteroatoms. The molecule has 0 aromatic heterocycles. The van der Waals surface area contributed by atoms with Gasteiger partial charge in [0.15, 0.2) is 6.10 Å². The van der Waals surface area contributed by atoms with E-state index in [4.69, 9.17) is 14.2 Å². The Hall–Kier alpha value is -1.59. The molecule has 55 heavy (non-hydrogen) atoms. The molecule has 0 fully saturated rings. The Balaban J connectivity index is 4.31. The number of esters is 3. The summed E-state index contributed by atoms with van der Waals surface area (Å²) in [6.45, 7) is 8.98. The van der Waals surface area contributed by atoms with Crippen LogP contribution in [-0.4, -0.2) is 37.2 Å². The van der Waals surface area contributed by atoms with Gasteiger partial charge in [0.25, 0.3) is 0 Å². The summed E-state index contributed by atoms with van der Waals surface area (Å²) >= 11 is 0. The quantitative estimate of drug-likeness (QED) is 0.0348. The lowest BCUT2D eigenvalue weighted by atomic mass is 10.0. The minimum absolute atomic E-state index is 0.0634. The van der Waals surface area contributed by atoms with Gasteiger partial charge < -0.3 is 14.2 Å². The largest absolute Gasteiger partial charge is 0.462 e. The zero-order chi connectivity index (χ0) is 40.3. The van der Waals surface area contributed by atoms with E-state index in [0.717, 1.165) is 63.7 Å². The van der Waals surface area contributed by atoms with Gasteiger partial charge in [-0.1, -0.05) is 233 Å². The molecule has 0 rings (SSSR count). The summed E-state index contributed by atoms with van der Waals surface area (Å²) in [5, 5.41) is 0. The molecule has 6 nitrogen and oxygen atoms in total. The van der Waals surface area contributed by atoms with Crippen molar-refractivity contribution in [3.8, 4) is 0 Å². The Bertz CT molecular complexity index is 826. The first kappa shape index (κ1) is 53.4. The monoisotopic (exact) mass is 779 g/mol. The second-order valence-corrected chi connectivity index (χ2v) is 17.2. The number of hydrogen-bond donors (Lipinski definition) is 0. The Kier molecular flexibility index (Phi) is 42.3. The van der Waals surface area contributed by atoms with Crippen LogP contribution in [0.5, 0.6) is 0 Å². The SMILES string of the molecule is CCCCCCCCCCCCCCCCC(=O)OC[C@H](COC(=O)CCCCCCCCCCC(C)C)OC(=O)CCCCCCCCCCCCCC. The van der Waals surface area contributed by atoms with E-state index >= 15 is 0 Å². The molecule has 0 spiro atoms. The van der Waals surface area contributed by atoms with Gasteiger partial charge >= 0.3 is 17.9 Å². The summed E-state index contributed by atoms with van der Waals surface area (Å²) in [4.78, 5) is 37.8. The van der Waals surface area contributed by atoms with Crippen LogP contribution in [0.4, 0.5) is 0 Å². The van der Waals surface area contributed by atoms with Gasteiger partial charge in [-0.25, -0.2) is 0 Å². The molecule has 0 radical (unpaired) electrons. The van der Waals surface area contributed by atoms with Gasteiger partial charge in [0.05, 0.1) is 0 Å². The molecule has 0 aliphatic heterocycles. The molecule has 0 aliphatic carbocycles. The molecule has 0 aromatic rings. The van der Waals surface area contributed by atoms with E-state index < -0.39 is 6.10 Å². The zero-order valence-electron chi connectivity index (χ0n) is 37.4. The maximum atomic E-state index is 12.7. The molecule has 0 saturated heterocycles. The lowest BCUT2D eigenvalue weighted by Gasteiger charge is -2.18. The van der Waals surface area contributed by atoms with Crippen LogP contribution in [0.3, 0.4) is 0 Å². The van der Waals surface area contributed by atoms with Crippen molar-refractivity contribution in [1.29, 1.82) is 0 Å². The Morgan fingerprint density at radius 3 is 0.891 bits per heavy atom. The highest BCUT2D eigenvalue weighted by atomic mass is 16.6. The van der Waals surface area contributed by atoms with E-state index in [-0.39, 0.29) is 31.1 Å². The normalized spacial score (nSPS) is 11.9. The third-order valence-electron chi connectivity index (χ3n) is 11.0. The molecule has 0 N–H and O–H groups in total. The molecule has 1 atom stereocenters. The summed E-state index contributed by atoms with van der Waals surface area (Å²) in [7, 11) is 0. The molecule has 0 heterocycles. The van der Waals surface area contributed by atoms with Crippen LogP contribution < -0.4 is 0 Å². The summed E-state index contributed by atoms with van der Waals surface area (Å²) in [5.74, 6) is -0.0539. The van der Waals surface area contributed by atoms with Crippen molar-refractivity contribution in [1.82, 2.24) is 0 Å². The number of carbonyl (C=O) groups excluding carboxylic acids is 3. The highest BCUT2D eigenvalue weighted by molar-refractivity contribution is 5.71. The van der Waals surface area contributed by atoms with Crippen molar-refractivity contribution in [2.75, 3.05) is 13.2 Å². The minimum atomic E-state index is -0.759. The molecule has 0 amide bonds. The summed E-state index contributed by atoms with van der Waals surface area (Å²) in [5.41, 5.74) is 0. The van der Waals surface area contributed by atoms with Gasteiger partial charge in [-0.15, -0.1) is 0 Å². The van der Waals surface area contributed by atoms with Crippen molar-refractivity contribution < 1.29 is 28.6 Å². The first-order valence-electron chi connectivity index (χ1n) is 24.4. The smallest absolute Gasteiger partial charge is 0.306 e. The van der Waals surface area contributed by atoms with E-state index in [1.807, 2.05) is 0 Å². The predicted octanol–water partition coefficient (Wildman–Crippen LogP) is 15.5. The highest BCUT2D eigenvalue weighted by Gasteiger charge is 2.19. The van der Waals surface area contributed by atoms with Gasteiger partial charge in [-0.05, 0) is 25.2 Å². The van der Waals surface area contributed by atoms with Crippen LogP contribution in [0.15, 0.2) is 0 Å². The fourth-order valence-corrected chi connectivity index (χ4v) is 7.33. The lowest BCUT2D eigenvalue weighted by Crippen LogP contribution is -2.30. The second-order valence-electron chi connectivity index (χ2n) is 17.2. The molecule has 0 unspecified atom stereocenters. The van der Waals surface area contributed by atoms with Crippen molar-refractivity contribution >= 4 is 17.9 Å². The Morgan fingerprint density at radius 1 is 0.345 bits per heavy atom. The summed E-state index contributed by atoms with van der Waals surface area (Å²) in [6, 6.07) is 0. The maximum absolute atomic E-state index is 12.7. The number of ether oxygens (including phenoxy) is 3. The van der Waals surface area contributed by atoms with Crippen LogP contribution in [0.1, 0.15) is 272 Å². The minimum Gasteiger partial charge on any atom is -0.462 e. The first-order valence-corrected chi connectivity index (χ1v) is 24.4. The fourth-order valence-electron chi connectivity index (χ4n) is 7.33. The highest BCUT2D eigenvalue weighted by Crippen LogP contribution is 2.16. The van der Waals surface area contributed by atoms with Crippen LogP contribution >= 0.6 is 0 Å². The van der Waals surface area contributed by atoms with E-state index in [0.29, 0.717) is 19.3 Å². The molecule has 326 valence electrons. The van der Waals surface area contributed by atoms with Gasteiger partial charge in [-0.3, -0.25) is 14.4 Å². The van der Waals surface area contributed by atoms with E-state index in [1.54, 1.807) is 0 Å². The third kappa shape index (κ3) is 43.4. The Labute approximate surface area is 342 Å². The van der Waals surface area contributed by atoms with Gasteiger partial charge in [0.1, 0.15) is 13.2 Å². The second kappa shape index (κ2) is 43.5. The van der Waals surface area contributed by atoms with Gasteiger partial charge in [0.2, 0.25) is 0 Å². The van der Waals surface area contributed by atoms with Crippen LogP contribution in [-0.2, 0) is 28.6 Å². The number of hydrogen-bond acceptors (Lipinski definition) is 6. The Morgan fingerprint density at radius 2 is 0.600 bits per heavy atom. The van der Waals surface area contributed by atoms with E-state index in [1.165, 1.54) is 167 Å². The molecule has 0 bridgehead atoms. The zero-order valence-corrected chi connectivity index (χ0v) is 37.4. The number of rotatable bonds is 44. The van der Waals surface area contributed by atoms with Crippen molar-refractivity contribution in [2.45, 2.75) is 278 Å². The average molecular weight is 779 g/mol. The molecular weight excluding hydrogens is 685 g/mol. The maximum Gasteiger partial charge on any atom is 0.306 e. The van der Waals surface area contributed by atoms with Crippen molar-refractivity contribution in [2.24, 2.45) is 5.92 Å². The van der Waals surface area contributed by atoms with Crippen LogP contribution in [0, 0.1) is 5.92 Å². The van der Waals surface area contributed by atoms with Crippen molar-refractivity contribution in [3.05, 3.63) is 0 Å². The topological polar surface area (TPSA) is 78.9 Å². The summed E-state index contributed by atoms with van der Waals surface area (Å²) in [6.07, 6.45) is 43.7. The molecule has 0 saturated carbocycles. The fraction of sp³-hybridized carbons (Fsp3) is 0.939. The van der Waals surface area contributed by atoms with Gasteiger partial charge in [-0.2, -0.15) is 0 Å². The van der Waals surface area contributed by atoms with Crippen molar-refractivity contribution in [3.63, 3.8) is 0 Å². The molecule has 0 aromatic carbocycles. The van der Waals surface area contributed by atoms with Crippen LogP contribution in [0.25, 0.3) is 0 Å². The number of carbonyl (C=O) groups is 3. The van der Waals surface area contributed by atoms with Gasteiger partial charge in [0, 0.05) is 19.3 Å². The lowest BCUT2D eigenvalue weighted by molar-refractivity contribution is -0.167. The van der Waals surface area contributed by atoms with Crippen LogP contribution in [0.2, 0.25) is 0 Å². The molecular formula is C49H94O6. The predicted molar refractivity (Wildman–Crippen MR) is 233 cm³/mol. The molecule has 0 aliphatic rings. The van der Waals surface area contributed by atoms with E-state index in [2.05, 4.69) is 27.7 Å². The van der Waals surface area contributed by atoms with E-state index in [9.17, 15) is 14.4 Å².